The lowest BCUT2D eigenvalue weighted by Crippen LogP contribution is -2.25. The van der Waals surface area contributed by atoms with Gasteiger partial charge in [0.15, 0.2) is 0 Å². The first-order valence-electron chi connectivity index (χ1n) is 4.36. The van der Waals surface area contributed by atoms with Crippen molar-refractivity contribution in [3.63, 3.8) is 0 Å². The maximum Gasteiger partial charge on any atom is 0.523 e. The van der Waals surface area contributed by atoms with Crippen molar-refractivity contribution in [2.24, 2.45) is 0 Å². The smallest absolute Gasteiger partial charge is 0.286 e. The lowest BCUT2D eigenvalue weighted by molar-refractivity contribution is -0.0542. The van der Waals surface area contributed by atoms with Crippen molar-refractivity contribution in [2.75, 3.05) is 12.4 Å². The number of rotatable bonds is 7. The van der Waals surface area contributed by atoms with Crippen molar-refractivity contribution in [3.8, 4) is 0 Å². The van der Waals surface area contributed by atoms with E-state index in [2.05, 4.69) is 4.18 Å². The molecule has 0 aromatic heterocycles. The van der Waals surface area contributed by atoms with Gasteiger partial charge in [-0.15, -0.1) is 0 Å². The minimum atomic E-state index is -5.58. The molecule has 1 N–H and O–H groups in total. The summed E-state index contributed by atoms with van der Waals surface area (Å²) in [4.78, 5) is 0. The van der Waals surface area contributed by atoms with Crippen molar-refractivity contribution >= 4 is 20.2 Å². The summed E-state index contributed by atoms with van der Waals surface area (Å²) in [6, 6.07) is 0. The molecule has 0 rings (SSSR count). The third kappa shape index (κ3) is 7.52. The summed E-state index contributed by atoms with van der Waals surface area (Å²) in [5.41, 5.74) is -5.46. The Labute approximate surface area is 96.6 Å². The van der Waals surface area contributed by atoms with Gasteiger partial charge in [0.05, 0.1) is 12.4 Å². The number of halogens is 3. The number of hydrogen-bond donors (Lipinski definition) is 1. The molecule has 0 bridgehead atoms. The minimum absolute atomic E-state index is 0.00819. The molecule has 0 aromatic carbocycles. The van der Waals surface area contributed by atoms with Crippen molar-refractivity contribution < 1.29 is 38.7 Å². The van der Waals surface area contributed by atoms with E-state index in [1.807, 2.05) is 0 Å². The van der Waals surface area contributed by atoms with Crippen LogP contribution in [0.2, 0.25) is 0 Å². The van der Waals surface area contributed by atoms with E-state index in [9.17, 15) is 30.0 Å². The SMILES string of the molecule is O=S(=O)(O)CCCCCOS(=O)(=O)C(F)(F)F. The zero-order chi connectivity index (χ0) is 13.7. The summed E-state index contributed by atoms with van der Waals surface area (Å²) in [5.74, 6) is -0.529. The second-order valence-corrected chi connectivity index (χ2v) is 6.25. The van der Waals surface area contributed by atoms with Crippen LogP contribution in [0.1, 0.15) is 19.3 Å². The van der Waals surface area contributed by atoms with E-state index in [0.717, 1.165) is 0 Å². The molecule has 0 aliphatic rings. The predicted octanol–water partition coefficient (Wildman–Crippen LogP) is 0.911. The van der Waals surface area contributed by atoms with E-state index >= 15 is 0 Å². The van der Waals surface area contributed by atoms with Crippen LogP contribution in [0.3, 0.4) is 0 Å². The number of unbranched alkanes of at least 4 members (excludes halogenated alkanes) is 2. The van der Waals surface area contributed by atoms with Crippen LogP contribution in [0.5, 0.6) is 0 Å². The molecule has 0 aliphatic carbocycles. The third-order valence-corrected chi connectivity index (χ3v) is 3.42. The van der Waals surface area contributed by atoms with Crippen LogP contribution in [0.4, 0.5) is 13.2 Å². The maximum absolute atomic E-state index is 11.7. The lowest BCUT2D eigenvalue weighted by Gasteiger charge is -2.07. The molecule has 0 radical (unpaired) electrons. The lowest BCUT2D eigenvalue weighted by atomic mass is 10.3. The fourth-order valence-electron chi connectivity index (χ4n) is 0.799. The van der Waals surface area contributed by atoms with Crippen molar-refractivity contribution in [1.82, 2.24) is 0 Å². The molecule has 0 spiro atoms. The molecule has 0 fully saturated rings. The fraction of sp³-hybridized carbons (Fsp3) is 1.00. The minimum Gasteiger partial charge on any atom is -0.286 e. The average molecular weight is 300 g/mol. The Bertz CT molecular complexity index is 423. The Morgan fingerprint density at radius 1 is 1.00 bits per heavy atom. The van der Waals surface area contributed by atoms with Gasteiger partial charge in [-0.25, -0.2) is 0 Å². The van der Waals surface area contributed by atoms with E-state index in [0.29, 0.717) is 0 Å². The maximum atomic E-state index is 11.7. The van der Waals surface area contributed by atoms with Crippen LogP contribution in [0, 0.1) is 0 Å². The van der Waals surface area contributed by atoms with E-state index in [1.54, 1.807) is 0 Å². The molecule has 0 aliphatic heterocycles. The summed E-state index contributed by atoms with van der Waals surface area (Å²) in [7, 11) is -9.68. The van der Waals surface area contributed by atoms with E-state index in [4.69, 9.17) is 4.55 Å². The van der Waals surface area contributed by atoms with Gasteiger partial charge in [-0.3, -0.25) is 8.74 Å². The summed E-state index contributed by atoms with van der Waals surface area (Å²) >= 11 is 0. The summed E-state index contributed by atoms with van der Waals surface area (Å²) < 4.78 is 88.4. The topological polar surface area (TPSA) is 97.7 Å². The number of alkyl halides is 3. The normalized spacial score (nSPS) is 13.9. The Balaban J connectivity index is 3.81. The van der Waals surface area contributed by atoms with Crippen LogP contribution >= 0.6 is 0 Å². The first-order valence-corrected chi connectivity index (χ1v) is 7.38. The highest BCUT2D eigenvalue weighted by Gasteiger charge is 2.47. The number of hydrogen-bond acceptors (Lipinski definition) is 5. The zero-order valence-corrected chi connectivity index (χ0v) is 10.1. The molecule has 11 heteroatoms. The van der Waals surface area contributed by atoms with Gasteiger partial charge in [-0.2, -0.15) is 30.0 Å². The quantitative estimate of drug-likeness (QED) is 0.325. The second-order valence-electron chi connectivity index (χ2n) is 3.07. The molecule has 0 amide bonds. The molecule has 104 valence electrons. The molecular weight excluding hydrogens is 289 g/mol. The highest BCUT2D eigenvalue weighted by atomic mass is 32.2. The van der Waals surface area contributed by atoms with Crippen LogP contribution < -0.4 is 0 Å². The van der Waals surface area contributed by atoms with E-state index < -0.39 is 38.1 Å². The van der Waals surface area contributed by atoms with Gasteiger partial charge in [0, 0.05) is 0 Å². The molecule has 6 nitrogen and oxygen atoms in total. The van der Waals surface area contributed by atoms with Crippen LogP contribution in [-0.4, -0.2) is 39.3 Å². The molecule has 17 heavy (non-hydrogen) atoms. The van der Waals surface area contributed by atoms with Gasteiger partial charge in [0.25, 0.3) is 10.1 Å². The highest BCUT2D eigenvalue weighted by Crippen LogP contribution is 2.24. The predicted molar refractivity (Wildman–Crippen MR) is 51.2 cm³/mol. The molecule has 0 aromatic rings. The molecule has 0 heterocycles. The van der Waals surface area contributed by atoms with Crippen LogP contribution in [0.25, 0.3) is 0 Å². The van der Waals surface area contributed by atoms with E-state index in [1.165, 1.54) is 0 Å². The van der Waals surface area contributed by atoms with Gasteiger partial charge >= 0.3 is 15.6 Å². The van der Waals surface area contributed by atoms with Crippen molar-refractivity contribution in [3.05, 3.63) is 0 Å². The van der Waals surface area contributed by atoms with Gasteiger partial charge < -0.3 is 0 Å². The van der Waals surface area contributed by atoms with E-state index in [-0.39, 0.29) is 19.3 Å². The summed E-state index contributed by atoms with van der Waals surface area (Å²) in [5, 5.41) is 0. The van der Waals surface area contributed by atoms with Crippen molar-refractivity contribution in [2.45, 2.75) is 24.8 Å². The molecule has 0 unspecified atom stereocenters. The Morgan fingerprint density at radius 2 is 1.53 bits per heavy atom. The van der Waals surface area contributed by atoms with Gasteiger partial charge in [0.2, 0.25) is 0 Å². The standard InChI is InChI=1S/C6H11F3O6S2/c7-6(8,9)17(13,14)15-4-2-1-3-5-16(10,11)12/h1-5H2,(H,10,11,12). The first kappa shape index (κ1) is 16.6. The molecule has 0 saturated carbocycles. The average Bonchev–Trinajstić information content (AvgIpc) is 2.07. The Hall–Kier alpha value is -0.390. The van der Waals surface area contributed by atoms with Gasteiger partial charge in [-0.1, -0.05) is 6.42 Å². The second kappa shape index (κ2) is 5.98. The van der Waals surface area contributed by atoms with Crippen molar-refractivity contribution in [1.29, 1.82) is 0 Å². The van der Waals surface area contributed by atoms with Crippen LogP contribution in [0.15, 0.2) is 0 Å². The summed E-state index contributed by atoms with van der Waals surface area (Å²) in [6.45, 7) is -0.687. The fourth-order valence-corrected chi connectivity index (χ4v) is 1.84. The Morgan fingerprint density at radius 3 is 1.94 bits per heavy atom. The Kier molecular flexibility index (Phi) is 5.84. The monoisotopic (exact) mass is 300 g/mol. The van der Waals surface area contributed by atoms with Crippen LogP contribution in [-0.2, 0) is 24.4 Å². The highest BCUT2D eigenvalue weighted by molar-refractivity contribution is 7.87. The summed E-state index contributed by atoms with van der Waals surface area (Å²) in [6.07, 6.45) is 0.0618. The largest absolute Gasteiger partial charge is 0.523 e. The molecule has 0 atom stereocenters. The molecular formula is C6H11F3O6S2. The zero-order valence-electron chi connectivity index (χ0n) is 8.47. The van der Waals surface area contributed by atoms with Gasteiger partial charge in [-0.05, 0) is 12.8 Å². The molecule has 0 saturated heterocycles. The third-order valence-electron chi connectivity index (χ3n) is 1.57. The van der Waals surface area contributed by atoms with Gasteiger partial charge in [0.1, 0.15) is 0 Å². The first-order chi connectivity index (χ1) is 7.46.